The number of nitro groups is 1. The van der Waals surface area contributed by atoms with Gasteiger partial charge < -0.3 is 25.3 Å². The third kappa shape index (κ3) is 1.98. The second-order valence-electron chi connectivity index (χ2n) is 4.33. The van der Waals surface area contributed by atoms with Crippen LogP contribution in [0, 0.1) is 16.0 Å². The van der Waals surface area contributed by atoms with E-state index in [1.165, 1.54) is 15.7 Å². The molecule has 2 aromatic heterocycles. The predicted molar refractivity (Wildman–Crippen MR) is 69.1 cm³/mol. The number of carbonyl (C=O) groups is 1. The van der Waals surface area contributed by atoms with Gasteiger partial charge in [0.05, 0.1) is 19.3 Å². The summed E-state index contributed by atoms with van der Waals surface area (Å²) in [4.78, 5) is 26.3. The molecule has 20 heavy (non-hydrogen) atoms. The molecule has 3 heterocycles. The van der Waals surface area contributed by atoms with Crippen molar-refractivity contribution in [2.45, 2.75) is 6.04 Å². The number of nitrogens with one attached hydrogen (secondary N) is 1. The van der Waals surface area contributed by atoms with Crippen LogP contribution in [0.4, 0.5) is 11.6 Å². The molecule has 3 rings (SSSR count). The number of hydrogen-bond acceptors (Lipinski definition) is 7. The van der Waals surface area contributed by atoms with Gasteiger partial charge in [-0.05, 0) is 4.92 Å². The minimum Gasteiger partial charge on any atom is -0.481 e. The standard InChI is InChI=1S/C10H10N4O5S/c15-9(16)5-3-19-4-6(5)11-7-8(14(17)18)13-1-2-20-10(13)12-7/h1-2,5-6,11H,3-4H2,(H,15,16). The lowest BCUT2D eigenvalue weighted by Crippen LogP contribution is -2.33. The molecule has 10 heteroatoms. The van der Waals surface area contributed by atoms with Crippen LogP contribution in [-0.2, 0) is 9.53 Å². The summed E-state index contributed by atoms with van der Waals surface area (Å²) >= 11 is 1.26. The first-order chi connectivity index (χ1) is 9.58. The number of fused-ring (bicyclic) bond motifs is 1. The van der Waals surface area contributed by atoms with Crippen LogP contribution in [0.2, 0.25) is 0 Å². The number of anilines is 1. The van der Waals surface area contributed by atoms with Gasteiger partial charge in [-0.25, -0.2) is 0 Å². The fraction of sp³-hybridized carbons (Fsp3) is 0.400. The van der Waals surface area contributed by atoms with Gasteiger partial charge in [0, 0.05) is 5.38 Å². The molecule has 1 aliphatic heterocycles. The maximum absolute atomic E-state index is 11.1. The first-order valence-corrected chi connectivity index (χ1v) is 6.63. The van der Waals surface area contributed by atoms with Crippen LogP contribution in [0.3, 0.4) is 0 Å². The minimum absolute atomic E-state index is 0.0728. The smallest absolute Gasteiger partial charge is 0.372 e. The molecular formula is C10H10N4O5S. The van der Waals surface area contributed by atoms with Crippen molar-refractivity contribution in [3.05, 3.63) is 21.7 Å². The van der Waals surface area contributed by atoms with E-state index in [1.807, 2.05) is 0 Å². The van der Waals surface area contributed by atoms with Crippen molar-refractivity contribution in [3.63, 3.8) is 0 Å². The number of carboxylic acid groups (broad SMARTS) is 1. The zero-order valence-electron chi connectivity index (χ0n) is 10.1. The summed E-state index contributed by atoms with van der Waals surface area (Å²) in [6.07, 6.45) is 1.55. The normalized spacial score (nSPS) is 22.2. The summed E-state index contributed by atoms with van der Waals surface area (Å²) in [5.74, 6) is -1.86. The molecule has 0 bridgehead atoms. The number of imidazole rings is 1. The van der Waals surface area contributed by atoms with Gasteiger partial charge in [0.15, 0.2) is 0 Å². The van der Waals surface area contributed by atoms with Gasteiger partial charge in [-0.15, -0.1) is 0 Å². The Hall–Kier alpha value is -2.20. The summed E-state index contributed by atoms with van der Waals surface area (Å²) in [6, 6.07) is -0.532. The van der Waals surface area contributed by atoms with E-state index < -0.39 is 22.9 Å². The highest BCUT2D eigenvalue weighted by Crippen LogP contribution is 2.30. The second kappa shape index (κ2) is 4.72. The van der Waals surface area contributed by atoms with Crippen molar-refractivity contribution in [1.29, 1.82) is 0 Å². The molecule has 0 aromatic carbocycles. The van der Waals surface area contributed by atoms with Crippen LogP contribution in [0.5, 0.6) is 0 Å². The van der Waals surface area contributed by atoms with Crippen LogP contribution in [0.25, 0.3) is 4.96 Å². The molecule has 106 valence electrons. The maximum atomic E-state index is 11.1. The Labute approximate surface area is 116 Å². The van der Waals surface area contributed by atoms with Crippen LogP contribution in [0.15, 0.2) is 11.6 Å². The zero-order chi connectivity index (χ0) is 14.3. The van der Waals surface area contributed by atoms with E-state index in [9.17, 15) is 14.9 Å². The molecule has 2 N–H and O–H groups in total. The van der Waals surface area contributed by atoms with Gasteiger partial charge >= 0.3 is 11.8 Å². The number of hydrogen-bond donors (Lipinski definition) is 2. The number of rotatable bonds is 4. The molecule has 0 amide bonds. The maximum Gasteiger partial charge on any atom is 0.372 e. The van der Waals surface area contributed by atoms with Gasteiger partial charge in [-0.3, -0.25) is 4.79 Å². The van der Waals surface area contributed by atoms with E-state index in [0.717, 1.165) is 0 Å². The number of thiazole rings is 1. The monoisotopic (exact) mass is 298 g/mol. The predicted octanol–water partition coefficient (Wildman–Crippen LogP) is 0.815. The lowest BCUT2D eigenvalue weighted by atomic mass is 10.0. The van der Waals surface area contributed by atoms with E-state index in [-0.39, 0.29) is 24.8 Å². The Morgan fingerprint density at radius 3 is 3.15 bits per heavy atom. The topological polar surface area (TPSA) is 119 Å². The molecule has 1 aliphatic rings. The van der Waals surface area contributed by atoms with E-state index >= 15 is 0 Å². The van der Waals surface area contributed by atoms with Crippen LogP contribution in [0.1, 0.15) is 0 Å². The summed E-state index contributed by atoms with van der Waals surface area (Å²) in [5, 5.41) is 24.7. The lowest BCUT2D eigenvalue weighted by Gasteiger charge is -2.14. The average Bonchev–Trinajstić information content (AvgIpc) is 3.02. The van der Waals surface area contributed by atoms with Crippen LogP contribution in [-0.4, -0.2) is 44.6 Å². The van der Waals surface area contributed by atoms with Crippen LogP contribution >= 0.6 is 11.3 Å². The van der Waals surface area contributed by atoms with E-state index in [1.54, 1.807) is 11.6 Å². The summed E-state index contributed by atoms with van der Waals surface area (Å²) in [6.45, 7) is 0.266. The molecule has 1 saturated heterocycles. The molecule has 0 radical (unpaired) electrons. The molecule has 0 spiro atoms. The summed E-state index contributed by atoms with van der Waals surface area (Å²) in [5.41, 5.74) is 0. The van der Waals surface area contributed by atoms with Crippen LogP contribution < -0.4 is 5.32 Å². The highest BCUT2D eigenvalue weighted by molar-refractivity contribution is 7.15. The third-order valence-corrected chi connectivity index (χ3v) is 3.89. The highest BCUT2D eigenvalue weighted by Gasteiger charge is 2.36. The Bertz CT molecular complexity index is 680. The fourth-order valence-corrected chi connectivity index (χ4v) is 2.87. The quantitative estimate of drug-likeness (QED) is 0.633. The Morgan fingerprint density at radius 1 is 1.65 bits per heavy atom. The Balaban J connectivity index is 1.94. The van der Waals surface area contributed by atoms with Crippen molar-refractivity contribution >= 4 is 33.9 Å². The second-order valence-corrected chi connectivity index (χ2v) is 5.20. The van der Waals surface area contributed by atoms with Crippen molar-refractivity contribution < 1.29 is 19.6 Å². The number of carboxylic acids is 1. The molecule has 0 saturated carbocycles. The Kier molecular flexibility index (Phi) is 3.03. The SMILES string of the molecule is O=C(O)C1COCC1Nc1nc2sccn2c1[N+](=O)[O-]. The number of aromatic nitrogens is 2. The molecule has 1 fully saturated rings. The summed E-state index contributed by atoms with van der Waals surface area (Å²) in [7, 11) is 0. The summed E-state index contributed by atoms with van der Waals surface area (Å²) < 4.78 is 6.47. The molecule has 9 nitrogen and oxygen atoms in total. The molecule has 2 atom stereocenters. The average molecular weight is 298 g/mol. The third-order valence-electron chi connectivity index (χ3n) is 3.13. The van der Waals surface area contributed by atoms with Gasteiger partial charge in [-0.2, -0.15) is 9.38 Å². The molecular weight excluding hydrogens is 288 g/mol. The van der Waals surface area contributed by atoms with E-state index in [4.69, 9.17) is 9.84 Å². The molecule has 2 unspecified atom stereocenters. The van der Waals surface area contributed by atoms with Gasteiger partial charge in [0.1, 0.15) is 12.1 Å². The van der Waals surface area contributed by atoms with Crippen molar-refractivity contribution in [3.8, 4) is 0 Å². The largest absolute Gasteiger partial charge is 0.481 e. The zero-order valence-corrected chi connectivity index (χ0v) is 10.9. The molecule has 2 aromatic rings. The highest BCUT2D eigenvalue weighted by atomic mass is 32.1. The number of nitrogens with zero attached hydrogens (tertiary/aromatic N) is 3. The van der Waals surface area contributed by atoms with E-state index in [0.29, 0.717) is 4.96 Å². The number of aliphatic carboxylic acids is 1. The minimum atomic E-state index is -0.997. The van der Waals surface area contributed by atoms with Crippen molar-refractivity contribution in [2.75, 3.05) is 18.5 Å². The fourth-order valence-electron chi connectivity index (χ4n) is 2.16. The first-order valence-electron chi connectivity index (χ1n) is 5.75. The first kappa shape index (κ1) is 12.8. The Morgan fingerprint density at radius 2 is 2.45 bits per heavy atom. The van der Waals surface area contributed by atoms with Gasteiger partial charge in [-0.1, -0.05) is 11.3 Å². The molecule has 0 aliphatic carbocycles. The lowest BCUT2D eigenvalue weighted by molar-refractivity contribution is -0.389. The van der Waals surface area contributed by atoms with Gasteiger partial charge in [0.2, 0.25) is 5.82 Å². The number of ether oxygens (including phenoxy) is 1. The van der Waals surface area contributed by atoms with E-state index in [2.05, 4.69) is 10.3 Å². The van der Waals surface area contributed by atoms with Gasteiger partial charge in [0.25, 0.3) is 4.96 Å². The van der Waals surface area contributed by atoms with Crippen molar-refractivity contribution in [1.82, 2.24) is 9.38 Å². The van der Waals surface area contributed by atoms with Crippen molar-refractivity contribution in [2.24, 2.45) is 5.92 Å².